The summed E-state index contributed by atoms with van der Waals surface area (Å²) in [4.78, 5) is 14.4. The smallest absolute Gasteiger partial charge is 0.481 e. The Morgan fingerprint density at radius 3 is 2.42 bits per heavy atom. The number of aliphatic hydroxyl groups excluding tert-OH is 1. The van der Waals surface area contributed by atoms with Crippen LogP contribution in [0.3, 0.4) is 0 Å². The Balaban J connectivity index is 0.000000954. The molecule has 0 saturated carbocycles. The van der Waals surface area contributed by atoms with Crippen molar-refractivity contribution in [2.24, 2.45) is 0 Å². The fourth-order valence-electron chi connectivity index (χ4n) is 1.74. The Morgan fingerprint density at radius 1 is 1.33 bits per heavy atom. The van der Waals surface area contributed by atoms with Crippen LogP contribution in [0.2, 0.25) is 0 Å². The molecule has 0 aliphatic rings. The molecule has 6 nitrogen and oxygen atoms in total. The predicted octanol–water partition coefficient (Wildman–Crippen LogP) is 0.705. The minimum Gasteiger partial charge on any atom is -0.481 e. The number of aromatic nitrogens is 1. The first-order valence-corrected chi connectivity index (χ1v) is 7.25. The second-order valence-electron chi connectivity index (χ2n) is 4.71. The van der Waals surface area contributed by atoms with E-state index in [2.05, 4.69) is 18.8 Å². The summed E-state index contributed by atoms with van der Waals surface area (Å²) in [6, 6.07) is 9.28. The van der Waals surface area contributed by atoms with E-state index in [0.29, 0.717) is 11.4 Å². The van der Waals surface area contributed by atoms with Gasteiger partial charge in [-0.15, -0.1) is 0 Å². The van der Waals surface area contributed by atoms with Crippen LogP contribution in [-0.4, -0.2) is 22.1 Å². The van der Waals surface area contributed by atoms with Crippen molar-refractivity contribution in [3.05, 3.63) is 70.8 Å². The molecule has 1 heterocycles. The van der Waals surface area contributed by atoms with Crippen molar-refractivity contribution < 1.29 is 33.6 Å². The van der Waals surface area contributed by atoms with Crippen LogP contribution in [0, 0.1) is 17.0 Å². The van der Waals surface area contributed by atoms with E-state index in [1.54, 1.807) is 24.3 Å². The minimum atomic E-state index is -1.10. The molecule has 2 rings (SSSR count). The number of unbranched alkanes of at least 4 members (excludes halogenated alkanes) is 1. The molecule has 0 aliphatic carbocycles. The van der Waals surface area contributed by atoms with Gasteiger partial charge < -0.3 is 16.8 Å². The first-order chi connectivity index (χ1) is 11.0. The fourth-order valence-corrected chi connectivity index (χ4v) is 1.74. The van der Waals surface area contributed by atoms with E-state index < -0.39 is 11.0 Å². The number of benzene rings is 1. The number of rotatable bonds is 5. The Kier molecular flexibility index (Phi) is 10.7. The predicted molar refractivity (Wildman–Crippen MR) is 88.2 cm³/mol. The van der Waals surface area contributed by atoms with Gasteiger partial charge >= 0.3 is 18.9 Å². The molecule has 1 N–H and O–H groups in total. The topological polar surface area (TPSA) is 85.5 Å². The standard InChI is InChI=1S/C13H12N2O4.C4H9.Li/c1-19-12-7-6-9(8-14-12)13(16)10-4-2-3-5-11(10)15(17)18;1-3-4-2;/h2-8,13,16H,1H3;1,3-4H2,2H3;/q;-1;+1. The average molecular weight is 324 g/mol. The molecule has 1 atom stereocenters. The van der Waals surface area contributed by atoms with E-state index >= 15 is 0 Å². The van der Waals surface area contributed by atoms with Crippen LogP contribution in [-0.2, 0) is 0 Å². The molecule has 2 aromatic rings. The van der Waals surface area contributed by atoms with E-state index in [1.165, 1.54) is 31.9 Å². The number of para-hydroxylation sites is 1. The van der Waals surface area contributed by atoms with Crippen molar-refractivity contribution in [1.82, 2.24) is 4.98 Å². The van der Waals surface area contributed by atoms with E-state index in [-0.39, 0.29) is 30.1 Å². The minimum absolute atomic E-state index is 0. The zero-order valence-corrected chi connectivity index (χ0v) is 14.3. The fraction of sp³-hybridized carbons (Fsp3) is 0.294. The van der Waals surface area contributed by atoms with E-state index in [1.807, 2.05) is 0 Å². The maximum Gasteiger partial charge on any atom is 1.00 e. The molecule has 0 bridgehead atoms. The normalized spacial score (nSPS) is 10.7. The monoisotopic (exact) mass is 324 g/mol. The van der Waals surface area contributed by atoms with E-state index in [0.717, 1.165) is 6.42 Å². The molecule has 0 amide bonds. The number of hydrogen-bond acceptors (Lipinski definition) is 5. The molecule has 0 saturated heterocycles. The van der Waals surface area contributed by atoms with Crippen molar-refractivity contribution in [3.63, 3.8) is 0 Å². The van der Waals surface area contributed by atoms with Gasteiger partial charge in [0.05, 0.1) is 17.6 Å². The molecular formula is C17H21LiN2O4. The molecule has 124 valence electrons. The van der Waals surface area contributed by atoms with Crippen LogP contribution in [0.25, 0.3) is 0 Å². The van der Waals surface area contributed by atoms with Gasteiger partial charge in [0.25, 0.3) is 5.69 Å². The molecular weight excluding hydrogens is 303 g/mol. The summed E-state index contributed by atoms with van der Waals surface area (Å²) in [6.07, 6.45) is 2.61. The van der Waals surface area contributed by atoms with Gasteiger partial charge in [0.15, 0.2) is 0 Å². The largest absolute Gasteiger partial charge is 1.00 e. The van der Waals surface area contributed by atoms with Crippen LogP contribution < -0.4 is 23.6 Å². The summed E-state index contributed by atoms with van der Waals surface area (Å²) in [5.74, 6) is 0.415. The zero-order chi connectivity index (χ0) is 17.2. The Labute approximate surface area is 154 Å². The molecule has 1 aromatic carbocycles. The Hall–Kier alpha value is -1.87. The molecule has 1 aromatic heterocycles. The van der Waals surface area contributed by atoms with Gasteiger partial charge in [-0.2, -0.15) is 6.42 Å². The van der Waals surface area contributed by atoms with E-state index in [9.17, 15) is 15.2 Å². The third-order valence-electron chi connectivity index (χ3n) is 3.07. The van der Waals surface area contributed by atoms with Crippen LogP contribution in [0.4, 0.5) is 5.69 Å². The summed E-state index contributed by atoms with van der Waals surface area (Å²) in [6.45, 7) is 5.72. The van der Waals surface area contributed by atoms with Gasteiger partial charge in [0.2, 0.25) is 5.88 Å². The summed E-state index contributed by atoms with van der Waals surface area (Å²) >= 11 is 0. The Morgan fingerprint density at radius 2 is 1.96 bits per heavy atom. The van der Waals surface area contributed by atoms with Gasteiger partial charge in [0, 0.05) is 23.9 Å². The number of hydrogen-bond donors (Lipinski definition) is 1. The van der Waals surface area contributed by atoms with Crippen molar-refractivity contribution in [2.45, 2.75) is 25.9 Å². The zero-order valence-electron chi connectivity index (χ0n) is 14.3. The SMILES string of the molecule is COc1ccc(C(O)c2ccccc2[N+](=O)[O-])cn1.[CH2-]CCC.[Li+]. The third kappa shape index (κ3) is 6.32. The first kappa shape index (κ1) is 22.1. The average Bonchev–Trinajstić information content (AvgIpc) is 2.61. The molecule has 0 aliphatic heterocycles. The molecule has 24 heavy (non-hydrogen) atoms. The van der Waals surface area contributed by atoms with Gasteiger partial charge in [-0.25, -0.2) is 4.98 Å². The first-order valence-electron chi connectivity index (χ1n) is 7.25. The second kappa shape index (κ2) is 11.6. The second-order valence-corrected chi connectivity index (χ2v) is 4.71. The third-order valence-corrected chi connectivity index (χ3v) is 3.07. The molecule has 7 heteroatoms. The Bertz CT molecular complexity index is 618. The van der Waals surface area contributed by atoms with Crippen LogP contribution in [0.15, 0.2) is 42.6 Å². The van der Waals surface area contributed by atoms with Crippen molar-refractivity contribution in [2.75, 3.05) is 7.11 Å². The molecule has 0 fully saturated rings. The van der Waals surface area contributed by atoms with Crippen LogP contribution in [0.5, 0.6) is 5.88 Å². The maximum atomic E-state index is 10.9. The quantitative estimate of drug-likeness (QED) is 0.379. The van der Waals surface area contributed by atoms with E-state index in [4.69, 9.17) is 4.74 Å². The summed E-state index contributed by atoms with van der Waals surface area (Å²) in [5, 5.41) is 21.1. The summed E-state index contributed by atoms with van der Waals surface area (Å²) in [7, 11) is 1.49. The maximum absolute atomic E-state index is 10.9. The number of ether oxygens (including phenoxy) is 1. The molecule has 0 radical (unpaired) electrons. The van der Waals surface area contributed by atoms with Crippen molar-refractivity contribution in [1.29, 1.82) is 0 Å². The summed E-state index contributed by atoms with van der Waals surface area (Å²) < 4.78 is 4.92. The van der Waals surface area contributed by atoms with Gasteiger partial charge in [-0.1, -0.05) is 25.5 Å². The molecule has 0 spiro atoms. The number of nitro benzene ring substituents is 1. The number of pyridine rings is 1. The number of nitro groups is 1. The number of methoxy groups -OCH3 is 1. The number of nitrogens with zero attached hydrogens (tertiary/aromatic N) is 2. The van der Waals surface area contributed by atoms with Crippen LogP contribution >= 0.6 is 0 Å². The van der Waals surface area contributed by atoms with Crippen molar-refractivity contribution in [3.8, 4) is 5.88 Å². The molecule has 1 unspecified atom stereocenters. The van der Waals surface area contributed by atoms with Crippen LogP contribution in [0.1, 0.15) is 37.0 Å². The van der Waals surface area contributed by atoms with Gasteiger partial charge in [-0.05, 0) is 12.1 Å². The number of aliphatic hydroxyl groups is 1. The van der Waals surface area contributed by atoms with Gasteiger partial charge in [-0.3, -0.25) is 10.1 Å². The summed E-state index contributed by atoms with van der Waals surface area (Å²) in [5.41, 5.74) is 0.584. The van der Waals surface area contributed by atoms with Crippen molar-refractivity contribution >= 4 is 5.69 Å². The van der Waals surface area contributed by atoms with Gasteiger partial charge in [0.1, 0.15) is 6.10 Å².